The van der Waals surface area contributed by atoms with E-state index in [1.807, 2.05) is 24.3 Å². The average Bonchev–Trinajstić information content (AvgIpc) is 2.96. The number of para-hydroxylation sites is 1. The largest absolute Gasteiger partial charge is 0.507 e. The molecule has 208 valence electrons. The zero-order chi connectivity index (χ0) is 26.7. The molecule has 10 nitrogen and oxygen atoms in total. The van der Waals surface area contributed by atoms with Gasteiger partial charge in [0.15, 0.2) is 5.82 Å². The Morgan fingerprint density at radius 3 is 2.48 bits per heavy atom. The van der Waals surface area contributed by atoms with E-state index < -0.39 is 0 Å². The van der Waals surface area contributed by atoms with Gasteiger partial charge < -0.3 is 30.4 Å². The zero-order valence-electron chi connectivity index (χ0n) is 22.8. The van der Waals surface area contributed by atoms with Crippen LogP contribution in [0, 0.1) is 5.41 Å². The molecule has 2 aromatic heterocycles. The predicted molar refractivity (Wildman–Crippen MR) is 155 cm³/mol. The molecular weight excluding hydrogens is 502 g/mol. The molecule has 10 heteroatoms. The van der Waals surface area contributed by atoms with E-state index in [1.54, 1.807) is 6.07 Å². The van der Waals surface area contributed by atoms with E-state index in [4.69, 9.17) is 9.97 Å². The van der Waals surface area contributed by atoms with Gasteiger partial charge in [0, 0.05) is 63.3 Å². The van der Waals surface area contributed by atoms with Crippen molar-refractivity contribution in [3.8, 4) is 17.0 Å². The predicted octanol–water partition coefficient (Wildman–Crippen LogP) is 2.69. The Balaban J connectivity index is 0.902. The number of aromatic hydroxyl groups is 1. The number of hydrogen-bond donors (Lipinski definition) is 3. The standard InChI is InChI=1S/C30H37N9O/c40-27-4-2-1-3-24(27)25-11-26-28(36-35-25)32-16-23-17-38(9-10-39(23)26)29-33-14-21(15-34-29)20-5-7-37(8-6-20)22-12-30(13-22)18-31-19-30/h1-4,11,14-15,20,22-23,31,40H,5-10,12-13,16-19H2,(H,32,36). The Labute approximate surface area is 234 Å². The number of phenols is 1. The molecule has 0 bridgehead atoms. The molecule has 1 unspecified atom stereocenters. The van der Waals surface area contributed by atoms with Gasteiger partial charge in [0.1, 0.15) is 5.75 Å². The van der Waals surface area contributed by atoms with E-state index in [-0.39, 0.29) is 11.8 Å². The fourth-order valence-electron chi connectivity index (χ4n) is 7.56. The number of rotatable bonds is 4. The number of piperazine rings is 1. The summed E-state index contributed by atoms with van der Waals surface area (Å²) in [6, 6.07) is 10.4. The van der Waals surface area contributed by atoms with Crippen molar-refractivity contribution in [2.75, 3.05) is 67.5 Å². The van der Waals surface area contributed by atoms with Gasteiger partial charge in [-0.1, -0.05) is 12.1 Å². The summed E-state index contributed by atoms with van der Waals surface area (Å²) < 4.78 is 0. The highest BCUT2D eigenvalue weighted by Gasteiger charge is 2.50. The van der Waals surface area contributed by atoms with Gasteiger partial charge in [0.05, 0.1) is 17.4 Å². The first-order chi connectivity index (χ1) is 19.6. The maximum Gasteiger partial charge on any atom is 0.225 e. The van der Waals surface area contributed by atoms with Crippen LogP contribution in [-0.2, 0) is 0 Å². The van der Waals surface area contributed by atoms with Gasteiger partial charge in [-0.2, -0.15) is 0 Å². The van der Waals surface area contributed by atoms with Gasteiger partial charge >= 0.3 is 0 Å². The van der Waals surface area contributed by atoms with Crippen LogP contribution < -0.4 is 20.4 Å². The minimum atomic E-state index is 0.214. The van der Waals surface area contributed by atoms with Crippen molar-refractivity contribution < 1.29 is 5.11 Å². The Bertz CT molecular complexity index is 1380. The number of piperidine rings is 1. The second-order valence-electron chi connectivity index (χ2n) is 12.4. The maximum atomic E-state index is 10.3. The molecule has 1 aliphatic carbocycles. The molecule has 4 fully saturated rings. The second-order valence-corrected chi connectivity index (χ2v) is 12.4. The molecule has 3 saturated heterocycles. The average molecular weight is 540 g/mol. The Morgan fingerprint density at radius 1 is 0.925 bits per heavy atom. The third-order valence-corrected chi connectivity index (χ3v) is 10.0. The first-order valence-electron chi connectivity index (χ1n) is 14.8. The van der Waals surface area contributed by atoms with Crippen molar-refractivity contribution in [1.29, 1.82) is 0 Å². The topological polar surface area (TPSA) is 106 Å². The monoisotopic (exact) mass is 539 g/mol. The molecule has 3 N–H and O–H groups in total. The number of fused-ring (bicyclic) bond motifs is 3. The van der Waals surface area contributed by atoms with Crippen molar-refractivity contribution in [2.24, 2.45) is 5.41 Å². The van der Waals surface area contributed by atoms with Crippen molar-refractivity contribution >= 4 is 17.5 Å². The summed E-state index contributed by atoms with van der Waals surface area (Å²) in [5, 5.41) is 26.0. The molecule has 5 aliphatic rings. The number of benzene rings is 1. The van der Waals surface area contributed by atoms with Gasteiger partial charge in [-0.15, -0.1) is 10.2 Å². The third kappa shape index (κ3) is 4.16. The molecule has 1 saturated carbocycles. The van der Waals surface area contributed by atoms with Crippen LogP contribution in [0.5, 0.6) is 5.75 Å². The lowest BCUT2D eigenvalue weighted by molar-refractivity contribution is -0.0432. The molecule has 1 atom stereocenters. The van der Waals surface area contributed by atoms with Crippen molar-refractivity contribution in [1.82, 2.24) is 30.4 Å². The SMILES string of the molecule is Oc1ccccc1-c1cc2c(nn1)NCC1CN(c3ncc(C4CCN(C5CC6(CNC6)C5)CC4)cn3)CCN21. The quantitative estimate of drug-likeness (QED) is 0.458. The number of anilines is 3. The Morgan fingerprint density at radius 2 is 1.73 bits per heavy atom. The third-order valence-electron chi connectivity index (χ3n) is 10.0. The fourth-order valence-corrected chi connectivity index (χ4v) is 7.56. The Kier molecular flexibility index (Phi) is 5.81. The van der Waals surface area contributed by atoms with Gasteiger partial charge in [0.2, 0.25) is 5.95 Å². The van der Waals surface area contributed by atoms with Gasteiger partial charge in [-0.05, 0) is 73.9 Å². The number of nitrogens with zero attached hydrogens (tertiary/aromatic N) is 7. The summed E-state index contributed by atoms with van der Waals surface area (Å²) >= 11 is 0. The van der Waals surface area contributed by atoms with E-state index in [9.17, 15) is 5.11 Å². The first-order valence-corrected chi connectivity index (χ1v) is 14.8. The molecule has 4 aliphatic heterocycles. The van der Waals surface area contributed by atoms with Crippen LogP contribution in [0.25, 0.3) is 11.3 Å². The smallest absolute Gasteiger partial charge is 0.225 e. The number of hydrogen-bond acceptors (Lipinski definition) is 10. The normalized spacial score (nSPS) is 24.6. The lowest BCUT2D eigenvalue weighted by Gasteiger charge is -2.58. The van der Waals surface area contributed by atoms with Crippen LogP contribution in [-0.4, -0.2) is 94.6 Å². The van der Waals surface area contributed by atoms with Crippen LogP contribution in [0.15, 0.2) is 42.7 Å². The first kappa shape index (κ1) is 24.3. The maximum absolute atomic E-state index is 10.3. The van der Waals surface area contributed by atoms with Crippen molar-refractivity contribution in [3.05, 3.63) is 48.3 Å². The number of phenolic OH excluding ortho intramolecular Hbond substituents is 1. The van der Waals surface area contributed by atoms with Crippen LogP contribution in [0.4, 0.5) is 17.5 Å². The molecular formula is C30H37N9O. The van der Waals surface area contributed by atoms with E-state index in [0.717, 1.165) is 49.7 Å². The minimum absolute atomic E-state index is 0.214. The van der Waals surface area contributed by atoms with Crippen molar-refractivity contribution in [2.45, 2.75) is 43.7 Å². The molecule has 0 amide bonds. The lowest BCUT2D eigenvalue weighted by atomic mass is 9.61. The summed E-state index contributed by atoms with van der Waals surface area (Å²) in [6.45, 7) is 8.22. The van der Waals surface area contributed by atoms with Crippen molar-refractivity contribution in [3.63, 3.8) is 0 Å². The molecule has 1 aromatic carbocycles. The molecule has 6 heterocycles. The van der Waals surface area contributed by atoms with E-state index in [0.29, 0.717) is 22.6 Å². The molecule has 40 heavy (non-hydrogen) atoms. The highest BCUT2D eigenvalue weighted by atomic mass is 16.3. The second kappa shape index (κ2) is 9.55. The van der Waals surface area contributed by atoms with Gasteiger partial charge in [0.25, 0.3) is 0 Å². The lowest BCUT2D eigenvalue weighted by Crippen LogP contribution is -2.65. The summed E-state index contributed by atoms with van der Waals surface area (Å²) in [5.41, 5.74) is 4.35. The zero-order valence-corrected chi connectivity index (χ0v) is 22.8. The Hall–Kier alpha value is -3.50. The van der Waals surface area contributed by atoms with Crippen LogP contribution in [0.1, 0.15) is 37.2 Å². The van der Waals surface area contributed by atoms with Gasteiger partial charge in [-0.3, -0.25) is 0 Å². The molecule has 0 radical (unpaired) electrons. The summed E-state index contributed by atoms with van der Waals surface area (Å²) in [5.74, 6) is 2.40. The van der Waals surface area contributed by atoms with E-state index >= 15 is 0 Å². The van der Waals surface area contributed by atoms with Crippen LogP contribution >= 0.6 is 0 Å². The van der Waals surface area contributed by atoms with Crippen LogP contribution in [0.2, 0.25) is 0 Å². The highest BCUT2D eigenvalue weighted by Crippen LogP contribution is 2.47. The minimum Gasteiger partial charge on any atom is -0.507 e. The van der Waals surface area contributed by atoms with Gasteiger partial charge in [-0.25, -0.2) is 9.97 Å². The number of nitrogens with one attached hydrogen (secondary N) is 2. The van der Waals surface area contributed by atoms with Crippen LogP contribution in [0.3, 0.4) is 0 Å². The molecule has 1 spiro atoms. The summed E-state index contributed by atoms with van der Waals surface area (Å²) in [7, 11) is 0. The molecule has 3 aromatic rings. The number of aromatic nitrogens is 4. The highest BCUT2D eigenvalue weighted by molar-refractivity contribution is 5.76. The summed E-state index contributed by atoms with van der Waals surface area (Å²) in [4.78, 5) is 17.1. The van der Waals surface area contributed by atoms with E-state index in [2.05, 4.69) is 47.9 Å². The summed E-state index contributed by atoms with van der Waals surface area (Å²) in [6.07, 6.45) is 9.36. The molecule has 8 rings (SSSR count). The van der Waals surface area contributed by atoms with E-state index in [1.165, 1.54) is 57.4 Å². The fraction of sp³-hybridized carbons (Fsp3) is 0.533. The number of likely N-dealkylation sites (tertiary alicyclic amines) is 1.